The molecule has 14 heteroatoms. The number of carbonyl (C=O) groups excluding carboxylic acids is 3. The highest BCUT2D eigenvalue weighted by Crippen LogP contribution is 2.36. The fourth-order valence-electron chi connectivity index (χ4n) is 2.32. The SMILES string of the molecule is C[C@@H](O)C(=O)Nc1c(I)c(C(=O)NCC(CO)CO)c(I)c(C(=O)NC(CO)CO)c1I. The molecule has 0 aromatic heterocycles. The van der Waals surface area contributed by atoms with Crippen LogP contribution in [0.5, 0.6) is 0 Å². The number of halogens is 3. The van der Waals surface area contributed by atoms with E-state index >= 15 is 0 Å². The maximum Gasteiger partial charge on any atom is 0.253 e. The molecule has 0 aliphatic carbocycles. The van der Waals surface area contributed by atoms with Crippen molar-refractivity contribution >= 4 is 91.2 Å². The van der Waals surface area contributed by atoms with E-state index in [1.54, 1.807) is 0 Å². The molecular formula is C18H24I3N3O8. The van der Waals surface area contributed by atoms with Crippen LogP contribution in [-0.4, -0.2) is 88.4 Å². The molecule has 0 unspecified atom stereocenters. The molecule has 1 atom stereocenters. The smallest absolute Gasteiger partial charge is 0.253 e. The Morgan fingerprint density at radius 1 is 0.844 bits per heavy atom. The summed E-state index contributed by atoms with van der Waals surface area (Å²) in [6.45, 7) is -0.474. The molecule has 0 radical (unpaired) electrons. The van der Waals surface area contributed by atoms with E-state index in [-0.39, 0.29) is 43.7 Å². The number of anilines is 1. The van der Waals surface area contributed by atoms with Crippen LogP contribution in [0.4, 0.5) is 5.69 Å². The number of carbonyl (C=O) groups is 3. The Hall–Kier alpha value is -0.380. The molecule has 1 aromatic carbocycles. The summed E-state index contributed by atoms with van der Waals surface area (Å²) in [5.41, 5.74) is 0.237. The Morgan fingerprint density at radius 3 is 1.78 bits per heavy atom. The molecule has 1 rings (SSSR count). The number of aliphatic hydroxyl groups excluding tert-OH is 5. The summed E-state index contributed by atoms with van der Waals surface area (Å²) in [5.74, 6) is -2.62. The summed E-state index contributed by atoms with van der Waals surface area (Å²) in [6, 6.07) is -0.934. The number of nitrogens with one attached hydrogen (secondary N) is 3. The maximum absolute atomic E-state index is 13.0. The molecule has 0 spiro atoms. The second-order valence-electron chi connectivity index (χ2n) is 6.71. The largest absolute Gasteiger partial charge is 0.396 e. The molecule has 0 bridgehead atoms. The van der Waals surface area contributed by atoms with Gasteiger partial charge in [0, 0.05) is 29.2 Å². The second kappa shape index (κ2) is 14.1. The molecule has 11 nitrogen and oxygen atoms in total. The number of hydrogen-bond acceptors (Lipinski definition) is 8. The molecule has 8 N–H and O–H groups in total. The van der Waals surface area contributed by atoms with Crippen LogP contribution in [0.1, 0.15) is 27.6 Å². The maximum atomic E-state index is 13.0. The summed E-state index contributed by atoms with van der Waals surface area (Å²) in [4.78, 5) is 38.0. The third kappa shape index (κ3) is 7.57. The first kappa shape index (κ1) is 29.7. The molecule has 1 aromatic rings. The van der Waals surface area contributed by atoms with Gasteiger partial charge in [-0.15, -0.1) is 0 Å². The Balaban J connectivity index is 3.57. The van der Waals surface area contributed by atoms with Gasteiger partial charge in [-0.3, -0.25) is 14.4 Å². The summed E-state index contributed by atoms with van der Waals surface area (Å²) < 4.78 is 0.850. The highest BCUT2D eigenvalue weighted by atomic mass is 127. The molecule has 180 valence electrons. The molecule has 0 fully saturated rings. The van der Waals surface area contributed by atoms with E-state index in [1.165, 1.54) is 6.92 Å². The summed E-state index contributed by atoms with van der Waals surface area (Å²) >= 11 is 5.49. The van der Waals surface area contributed by atoms with E-state index in [2.05, 4.69) is 16.0 Å². The van der Waals surface area contributed by atoms with Gasteiger partial charge in [-0.2, -0.15) is 0 Å². The van der Waals surface area contributed by atoms with Crippen LogP contribution in [0, 0.1) is 16.6 Å². The highest BCUT2D eigenvalue weighted by molar-refractivity contribution is 14.1. The zero-order chi connectivity index (χ0) is 24.6. The molecule has 32 heavy (non-hydrogen) atoms. The van der Waals surface area contributed by atoms with Gasteiger partial charge in [-0.25, -0.2) is 0 Å². The molecule has 0 saturated carbocycles. The van der Waals surface area contributed by atoms with Gasteiger partial charge in [0.2, 0.25) is 0 Å². The predicted octanol–water partition coefficient (Wildman–Crippen LogP) is -0.767. The standard InChI is InChI=1S/C18H24I3N3O8/c1-7(29)16(30)24-15-13(20)10(17(31)22-2-8(3-25)4-26)12(19)11(14(15)21)18(32)23-9(5-27)6-28/h7-9,25-29H,2-6H2,1H3,(H,22,31)(H,23,32)(H,24,30)/t7-/m1/s1. The fraction of sp³-hybridized carbons (Fsp3) is 0.500. The fourth-order valence-corrected chi connectivity index (χ4v) is 6.73. The van der Waals surface area contributed by atoms with Gasteiger partial charge in [-0.1, -0.05) is 0 Å². The van der Waals surface area contributed by atoms with E-state index in [0.717, 1.165) is 0 Å². The first-order chi connectivity index (χ1) is 15.0. The Bertz CT molecular complexity index is 845. The van der Waals surface area contributed by atoms with E-state index in [9.17, 15) is 39.9 Å². The molecule has 0 saturated heterocycles. The van der Waals surface area contributed by atoms with E-state index in [0.29, 0.717) is 3.57 Å². The van der Waals surface area contributed by atoms with Crippen molar-refractivity contribution < 1.29 is 39.9 Å². The number of aliphatic hydroxyl groups is 5. The van der Waals surface area contributed by atoms with Gasteiger partial charge in [-0.05, 0) is 74.7 Å². The first-order valence-electron chi connectivity index (χ1n) is 9.25. The lowest BCUT2D eigenvalue weighted by molar-refractivity contribution is -0.123. The number of amides is 3. The van der Waals surface area contributed by atoms with Crippen LogP contribution in [-0.2, 0) is 4.79 Å². The van der Waals surface area contributed by atoms with E-state index < -0.39 is 49.0 Å². The second-order valence-corrected chi connectivity index (χ2v) is 9.95. The van der Waals surface area contributed by atoms with Gasteiger partial charge in [0.05, 0.1) is 43.2 Å². The molecular weight excluding hydrogens is 767 g/mol. The molecule has 0 aliphatic heterocycles. The zero-order valence-electron chi connectivity index (χ0n) is 16.9. The minimum Gasteiger partial charge on any atom is -0.396 e. The summed E-state index contributed by atoms with van der Waals surface area (Å²) in [5, 5.41) is 54.1. The molecule has 0 aliphatic rings. The van der Waals surface area contributed by atoms with Crippen molar-refractivity contribution in [3.63, 3.8) is 0 Å². The summed E-state index contributed by atoms with van der Waals surface area (Å²) in [6.07, 6.45) is -1.35. The van der Waals surface area contributed by atoms with Gasteiger partial charge < -0.3 is 41.5 Å². The lowest BCUT2D eigenvalue weighted by Gasteiger charge is -2.21. The van der Waals surface area contributed by atoms with Crippen LogP contribution in [0.25, 0.3) is 0 Å². The van der Waals surface area contributed by atoms with Crippen molar-refractivity contribution in [3.8, 4) is 0 Å². The minimum atomic E-state index is -1.35. The zero-order valence-corrected chi connectivity index (χ0v) is 23.3. The van der Waals surface area contributed by atoms with Crippen LogP contribution in [0.2, 0.25) is 0 Å². The number of benzene rings is 1. The van der Waals surface area contributed by atoms with E-state index in [1.807, 2.05) is 67.8 Å². The number of hydrogen-bond donors (Lipinski definition) is 8. The van der Waals surface area contributed by atoms with Crippen LogP contribution in [0.15, 0.2) is 0 Å². The van der Waals surface area contributed by atoms with E-state index in [4.69, 9.17) is 0 Å². The first-order valence-corrected chi connectivity index (χ1v) is 12.5. The van der Waals surface area contributed by atoms with Crippen LogP contribution >= 0.6 is 67.8 Å². The van der Waals surface area contributed by atoms with Gasteiger partial charge in [0.25, 0.3) is 17.7 Å². The van der Waals surface area contributed by atoms with Crippen LogP contribution in [0.3, 0.4) is 0 Å². The monoisotopic (exact) mass is 791 g/mol. The number of rotatable bonds is 11. The van der Waals surface area contributed by atoms with Gasteiger partial charge in [0.1, 0.15) is 6.10 Å². The van der Waals surface area contributed by atoms with Crippen molar-refractivity contribution in [1.82, 2.24) is 10.6 Å². The third-order valence-corrected chi connectivity index (χ3v) is 7.48. The normalized spacial score (nSPS) is 12.1. The van der Waals surface area contributed by atoms with Crippen molar-refractivity contribution in [2.45, 2.75) is 19.1 Å². The van der Waals surface area contributed by atoms with Gasteiger partial charge >= 0.3 is 0 Å². The Morgan fingerprint density at radius 2 is 1.34 bits per heavy atom. The summed E-state index contributed by atoms with van der Waals surface area (Å²) in [7, 11) is 0. The molecule has 0 heterocycles. The Labute approximate surface area is 225 Å². The average Bonchev–Trinajstić information content (AvgIpc) is 2.75. The van der Waals surface area contributed by atoms with Crippen molar-refractivity contribution in [3.05, 3.63) is 21.8 Å². The lowest BCUT2D eigenvalue weighted by Crippen LogP contribution is -2.41. The quantitative estimate of drug-likeness (QED) is 0.134. The third-order valence-electron chi connectivity index (χ3n) is 4.24. The van der Waals surface area contributed by atoms with Crippen molar-refractivity contribution in [2.24, 2.45) is 5.92 Å². The van der Waals surface area contributed by atoms with Crippen molar-refractivity contribution in [1.29, 1.82) is 0 Å². The average molecular weight is 791 g/mol. The minimum absolute atomic E-state index is 0.0298. The van der Waals surface area contributed by atoms with Gasteiger partial charge in [0.15, 0.2) is 0 Å². The van der Waals surface area contributed by atoms with Crippen molar-refractivity contribution in [2.75, 3.05) is 38.3 Å². The van der Waals surface area contributed by atoms with Crippen LogP contribution < -0.4 is 16.0 Å². The predicted molar refractivity (Wildman–Crippen MR) is 140 cm³/mol. The topological polar surface area (TPSA) is 188 Å². The molecule has 3 amide bonds. The highest BCUT2D eigenvalue weighted by Gasteiger charge is 2.30. The Kier molecular flexibility index (Phi) is 13.1. The lowest BCUT2D eigenvalue weighted by atomic mass is 10.1.